The van der Waals surface area contributed by atoms with Gasteiger partial charge in [-0.3, -0.25) is 0 Å². The second-order valence-electron chi connectivity index (χ2n) is 2.07. The van der Waals surface area contributed by atoms with E-state index in [-0.39, 0.29) is 0 Å². The normalized spacial score (nSPS) is 8.18. The highest BCUT2D eigenvalue weighted by molar-refractivity contribution is 5.51. The smallest absolute Gasteiger partial charge is 0.0992 e. The Balaban J connectivity index is 3.28. The van der Waals surface area contributed by atoms with Gasteiger partial charge in [0.1, 0.15) is 0 Å². The Kier molecular flexibility index (Phi) is 1.76. The Morgan fingerprint density at radius 2 is 1.45 bits per heavy atom. The molecule has 0 spiro atoms. The maximum absolute atomic E-state index is 8.47. The van der Waals surface area contributed by atoms with Crippen LogP contribution >= 0.6 is 0 Å². The van der Waals surface area contributed by atoms with Crippen LogP contribution in [0.4, 0.5) is 5.69 Å². The Morgan fingerprint density at radius 3 is 1.82 bits per heavy atom. The monoisotopic (exact) mass is 143 g/mol. The highest BCUT2D eigenvalue weighted by Gasteiger charge is 1.95. The number of anilines is 1. The molecule has 2 N–H and O–H groups in total. The zero-order valence-corrected chi connectivity index (χ0v) is 5.70. The number of hydrogen-bond donors (Lipinski definition) is 1. The van der Waals surface area contributed by atoms with Crippen molar-refractivity contribution in [2.24, 2.45) is 0 Å². The van der Waals surface area contributed by atoms with Crippen LogP contribution in [0.1, 0.15) is 11.1 Å². The van der Waals surface area contributed by atoms with Crippen molar-refractivity contribution in [3.8, 4) is 12.1 Å². The van der Waals surface area contributed by atoms with Gasteiger partial charge in [0.15, 0.2) is 0 Å². The van der Waals surface area contributed by atoms with Gasteiger partial charge in [-0.1, -0.05) is 0 Å². The predicted molar refractivity (Wildman–Crippen MR) is 40.3 cm³/mol. The van der Waals surface area contributed by atoms with Crippen LogP contribution in [0.25, 0.3) is 0 Å². The van der Waals surface area contributed by atoms with Crippen LogP contribution in [-0.2, 0) is 0 Å². The average Bonchev–Trinajstić information content (AvgIpc) is 2.03. The van der Waals surface area contributed by atoms with Gasteiger partial charge in [0.25, 0.3) is 0 Å². The van der Waals surface area contributed by atoms with Crippen LogP contribution in [-0.4, -0.2) is 0 Å². The summed E-state index contributed by atoms with van der Waals surface area (Å²) in [6.45, 7) is 0. The molecule has 3 heteroatoms. The lowest BCUT2D eigenvalue weighted by atomic mass is 10.1. The number of hydrogen-bond acceptors (Lipinski definition) is 3. The van der Waals surface area contributed by atoms with Crippen LogP contribution < -0.4 is 5.73 Å². The third-order valence-electron chi connectivity index (χ3n) is 1.21. The molecule has 1 rings (SSSR count). The fourth-order valence-electron chi connectivity index (χ4n) is 0.781. The van der Waals surface area contributed by atoms with Crippen molar-refractivity contribution in [2.75, 3.05) is 5.73 Å². The molecule has 0 saturated heterocycles. The molecular weight excluding hydrogens is 138 g/mol. The summed E-state index contributed by atoms with van der Waals surface area (Å²) in [7, 11) is 0. The Morgan fingerprint density at radius 1 is 1.00 bits per heavy atom. The molecule has 11 heavy (non-hydrogen) atoms. The van der Waals surface area contributed by atoms with Gasteiger partial charge >= 0.3 is 0 Å². The first-order valence-corrected chi connectivity index (χ1v) is 2.97. The molecule has 0 heterocycles. The molecule has 0 fully saturated rings. The molecule has 0 amide bonds. The van der Waals surface area contributed by atoms with E-state index in [1.54, 1.807) is 0 Å². The lowest BCUT2D eigenvalue weighted by Crippen LogP contribution is -1.87. The van der Waals surface area contributed by atoms with E-state index in [2.05, 4.69) is 0 Å². The van der Waals surface area contributed by atoms with Gasteiger partial charge in [0, 0.05) is 5.69 Å². The first kappa shape index (κ1) is 7.11. The van der Waals surface area contributed by atoms with Crippen LogP contribution in [0.2, 0.25) is 0 Å². The topological polar surface area (TPSA) is 73.6 Å². The van der Waals surface area contributed by atoms with Crippen molar-refractivity contribution in [2.45, 2.75) is 0 Å². The minimum Gasteiger partial charge on any atom is -0.399 e. The number of nitrogens with zero attached hydrogens (tertiary/aromatic N) is 2. The zero-order valence-electron chi connectivity index (χ0n) is 5.70. The second-order valence-corrected chi connectivity index (χ2v) is 2.07. The average molecular weight is 143 g/mol. The molecule has 52 valence electrons. The maximum atomic E-state index is 8.47. The third-order valence-corrected chi connectivity index (χ3v) is 1.21. The molecule has 0 radical (unpaired) electrons. The van der Waals surface area contributed by atoms with Crippen LogP contribution in [0.5, 0.6) is 0 Å². The van der Waals surface area contributed by atoms with E-state index in [1.807, 2.05) is 12.1 Å². The lowest BCUT2D eigenvalue weighted by Gasteiger charge is -1.93. The summed E-state index contributed by atoms with van der Waals surface area (Å²) >= 11 is 0. The maximum Gasteiger partial charge on any atom is 0.0992 e. The Hall–Kier alpha value is -2.00. The standard InChI is InChI=1S/C8H5N3/c9-4-6-1-7(5-10)3-8(11)2-6/h1-3H,11H2. The molecule has 0 aliphatic heterocycles. The minimum absolute atomic E-state index is 0.418. The summed E-state index contributed by atoms with van der Waals surface area (Å²) < 4.78 is 0. The van der Waals surface area contributed by atoms with E-state index in [4.69, 9.17) is 16.3 Å². The fourth-order valence-corrected chi connectivity index (χ4v) is 0.781. The third kappa shape index (κ3) is 1.47. The molecule has 0 aliphatic carbocycles. The highest BCUT2D eigenvalue weighted by atomic mass is 14.5. The SMILES string of the molecule is N#Cc1cc(N)cc(C#N)c1. The van der Waals surface area contributed by atoms with Gasteiger partial charge in [-0.15, -0.1) is 0 Å². The molecule has 3 nitrogen and oxygen atoms in total. The zero-order chi connectivity index (χ0) is 8.27. The largest absolute Gasteiger partial charge is 0.399 e. The summed E-state index contributed by atoms with van der Waals surface area (Å²) in [6.07, 6.45) is 0. The van der Waals surface area contributed by atoms with E-state index in [0.29, 0.717) is 16.8 Å². The van der Waals surface area contributed by atoms with Gasteiger partial charge < -0.3 is 5.73 Å². The Bertz CT molecular complexity index is 322. The van der Waals surface area contributed by atoms with Crippen molar-refractivity contribution < 1.29 is 0 Å². The Labute approximate surface area is 64.3 Å². The number of nitrogen functional groups attached to an aromatic ring is 1. The van der Waals surface area contributed by atoms with Gasteiger partial charge in [-0.25, -0.2) is 0 Å². The van der Waals surface area contributed by atoms with Gasteiger partial charge in [-0.2, -0.15) is 10.5 Å². The molecule has 0 unspecified atom stereocenters. The lowest BCUT2D eigenvalue weighted by molar-refractivity contribution is 1.45. The summed E-state index contributed by atoms with van der Waals surface area (Å²) in [6, 6.07) is 8.38. The molecule has 0 aliphatic rings. The van der Waals surface area contributed by atoms with Crippen molar-refractivity contribution in [3.05, 3.63) is 29.3 Å². The molecule has 1 aromatic rings. The molecule has 1 aromatic carbocycles. The van der Waals surface area contributed by atoms with E-state index >= 15 is 0 Å². The number of nitriles is 2. The molecule has 0 atom stereocenters. The summed E-state index contributed by atoms with van der Waals surface area (Å²) in [4.78, 5) is 0. The van der Waals surface area contributed by atoms with Crippen LogP contribution in [0.15, 0.2) is 18.2 Å². The number of benzene rings is 1. The van der Waals surface area contributed by atoms with Crippen molar-refractivity contribution >= 4 is 5.69 Å². The van der Waals surface area contributed by atoms with Gasteiger partial charge in [0.05, 0.1) is 23.3 Å². The molecule has 0 saturated carbocycles. The second kappa shape index (κ2) is 2.72. The highest BCUT2D eigenvalue weighted by Crippen LogP contribution is 2.09. The fraction of sp³-hybridized carbons (Fsp3) is 0. The van der Waals surface area contributed by atoms with Crippen molar-refractivity contribution in [1.82, 2.24) is 0 Å². The van der Waals surface area contributed by atoms with E-state index in [1.165, 1.54) is 18.2 Å². The van der Waals surface area contributed by atoms with E-state index in [9.17, 15) is 0 Å². The summed E-state index contributed by atoms with van der Waals surface area (Å²) in [5.41, 5.74) is 6.69. The first-order valence-electron chi connectivity index (χ1n) is 2.97. The molecule has 0 bridgehead atoms. The van der Waals surface area contributed by atoms with Crippen molar-refractivity contribution in [1.29, 1.82) is 10.5 Å². The van der Waals surface area contributed by atoms with Crippen LogP contribution in [0.3, 0.4) is 0 Å². The molecular formula is C8H5N3. The quantitative estimate of drug-likeness (QED) is 0.551. The number of nitrogens with two attached hydrogens (primary N) is 1. The first-order chi connectivity index (χ1) is 5.26. The minimum atomic E-state index is 0.418. The van der Waals surface area contributed by atoms with Gasteiger partial charge in [-0.05, 0) is 18.2 Å². The van der Waals surface area contributed by atoms with E-state index in [0.717, 1.165) is 0 Å². The number of rotatable bonds is 0. The predicted octanol–water partition coefficient (Wildman–Crippen LogP) is 1.01. The molecule has 0 aromatic heterocycles. The van der Waals surface area contributed by atoms with E-state index < -0.39 is 0 Å². The van der Waals surface area contributed by atoms with Crippen molar-refractivity contribution in [3.63, 3.8) is 0 Å². The van der Waals surface area contributed by atoms with Gasteiger partial charge in [0.2, 0.25) is 0 Å². The summed E-state index contributed by atoms with van der Waals surface area (Å²) in [5.74, 6) is 0. The summed E-state index contributed by atoms with van der Waals surface area (Å²) in [5, 5.41) is 16.9. The van der Waals surface area contributed by atoms with Crippen LogP contribution in [0, 0.1) is 22.7 Å².